The summed E-state index contributed by atoms with van der Waals surface area (Å²) >= 11 is 0. The number of anilines is 1. The average molecular weight is 278 g/mol. The summed E-state index contributed by atoms with van der Waals surface area (Å²) in [5.74, 6) is -1.04. The predicted molar refractivity (Wildman–Crippen MR) is 67.4 cm³/mol. The van der Waals surface area contributed by atoms with Crippen LogP contribution in [-0.4, -0.2) is 21.1 Å². The van der Waals surface area contributed by atoms with Gasteiger partial charge in [-0.1, -0.05) is 0 Å². The summed E-state index contributed by atoms with van der Waals surface area (Å²) in [5.41, 5.74) is -0.0507. The molecule has 0 bridgehead atoms. The topological polar surface area (TPSA) is 70.7 Å². The second kappa shape index (κ2) is 4.66. The molecule has 2 aromatic rings. The molecule has 1 saturated carbocycles. The van der Waals surface area contributed by atoms with Crippen LogP contribution in [0.3, 0.4) is 0 Å². The number of halogens is 2. The van der Waals surface area contributed by atoms with E-state index in [1.54, 1.807) is 0 Å². The molecular weight excluding hydrogens is 266 g/mol. The molecule has 3 rings (SSSR count). The summed E-state index contributed by atoms with van der Waals surface area (Å²) in [6, 6.07) is 1.97. The summed E-state index contributed by atoms with van der Waals surface area (Å²) < 4.78 is 27.0. The molecule has 20 heavy (non-hydrogen) atoms. The third kappa shape index (κ3) is 2.38. The van der Waals surface area contributed by atoms with E-state index < -0.39 is 17.5 Å². The molecule has 0 saturated heterocycles. The van der Waals surface area contributed by atoms with Crippen LogP contribution in [0.4, 0.5) is 14.5 Å². The predicted octanol–water partition coefficient (Wildman–Crippen LogP) is 2.52. The quantitative estimate of drug-likeness (QED) is 0.906. The maximum atomic E-state index is 13.6. The van der Waals surface area contributed by atoms with Crippen molar-refractivity contribution in [1.29, 1.82) is 0 Å². The standard InChI is InChI=1S/C13H12F2N4O/c1-6-4-9(15)10(5-8(6)14)16-13(20)12-17-11(18-19-12)7-2-3-7/h4-5,7H,2-3H2,1H3,(H,16,20)(H,17,18,19). The van der Waals surface area contributed by atoms with Crippen LogP contribution >= 0.6 is 0 Å². The van der Waals surface area contributed by atoms with E-state index in [2.05, 4.69) is 20.5 Å². The SMILES string of the molecule is Cc1cc(F)c(NC(=O)c2n[nH]c(C3CC3)n2)cc1F. The van der Waals surface area contributed by atoms with Gasteiger partial charge in [0.25, 0.3) is 5.91 Å². The number of carbonyl (C=O) groups excluding carboxylic acids is 1. The van der Waals surface area contributed by atoms with Crippen molar-refractivity contribution in [2.24, 2.45) is 0 Å². The van der Waals surface area contributed by atoms with Crippen molar-refractivity contribution >= 4 is 11.6 Å². The van der Waals surface area contributed by atoms with Crippen LogP contribution in [0.2, 0.25) is 0 Å². The highest BCUT2D eigenvalue weighted by atomic mass is 19.1. The van der Waals surface area contributed by atoms with Gasteiger partial charge in [0.1, 0.15) is 17.5 Å². The average Bonchev–Trinajstić information content (AvgIpc) is 3.13. The van der Waals surface area contributed by atoms with Crippen molar-refractivity contribution in [3.05, 3.63) is 41.0 Å². The molecule has 1 aliphatic carbocycles. The minimum Gasteiger partial charge on any atom is -0.317 e. The first-order chi connectivity index (χ1) is 9.54. The van der Waals surface area contributed by atoms with Gasteiger partial charge < -0.3 is 5.32 Å². The largest absolute Gasteiger partial charge is 0.317 e. The summed E-state index contributed by atoms with van der Waals surface area (Å²) in [7, 11) is 0. The number of benzene rings is 1. The molecule has 1 aromatic carbocycles. The molecule has 1 aliphatic rings. The van der Waals surface area contributed by atoms with Gasteiger partial charge in [-0.05, 0) is 31.4 Å². The van der Waals surface area contributed by atoms with Crippen LogP contribution in [0.5, 0.6) is 0 Å². The molecule has 1 heterocycles. The van der Waals surface area contributed by atoms with Crippen LogP contribution in [0, 0.1) is 18.6 Å². The Morgan fingerprint density at radius 2 is 2.10 bits per heavy atom. The lowest BCUT2D eigenvalue weighted by atomic mass is 10.2. The lowest BCUT2D eigenvalue weighted by Gasteiger charge is -2.05. The minimum absolute atomic E-state index is 0.0766. The highest BCUT2D eigenvalue weighted by Gasteiger charge is 2.28. The summed E-state index contributed by atoms with van der Waals surface area (Å²) in [6.07, 6.45) is 2.04. The molecule has 0 radical (unpaired) electrons. The fraction of sp³-hybridized carbons (Fsp3) is 0.308. The van der Waals surface area contributed by atoms with Crippen LogP contribution in [0.15, 0.2) is 12.1 Å². The molecule has 1 fully saturated rings. The van der Waals surface area contributed by atoms with E-state index in [1.165, 1.54) is 6.92 Å². The fourth-order valence-electron chi connectivity index (χ4n) is 1.84. The molecule has 0 spiro atoms. The number of hydrogen-bond donors (Lipinski definition) is 2. The van der Waals surface area contributed by atoms with Gasteiger partial charge in [0.15, 0.2) is 0 Å². The van der Waals surface area contributed by atoms with Crippen molar-refractivity contribution in [1.82, 2.24) is 15.2 Å². The Labute approximate surface area is 113 Å². The van der Waals surface area contributed by atoms with Gasteiger partial charge in [-0.3, -0.25) is 9.89 Å². The van der Waals surface area contributed by atoms with E-state index in [4.69, 9.17) is 0 Å². The first-order valence-corrected chi connectivity index (χ1v) is 6.24. The first kappa shape index (κ1) is 12.7. The van der Waals surface area contributed by atoms with Gasteiger partial charge >= 0.3 is 0 Å². The molecule has 104 valence electrons. The van der Waals surface area contributed by atoms with Crippen LogP contribution in [0.1, 0.15) is 40.8 Å². The van der Waals surface area contributed by atoms with Gasteiger partial charge in [0.05, 0.1) is 5.69 Å². The second-order valence-corrected chi connectivity index (χ2v) is 4.85. The number of aromatic nitrogens is 3. The lowest BCUT2D eigenvalue weighted by Crippen LogP contribution is -2.15. The zero-order valence-corrected chi connectivity index (χ0v) is 10.7. The molecule has 0 aliphatic heterocycles. The van der Waals surface area contributed by atoms with E-state index in [-0.39, 0.29) is 17.1 Å². The Morgan fingerprint density at radius 3 is 2.80 bits per heavy atom. The van der Waals surface area contributed by atoms with Gasteiger partial charge in [-0.2, -0.15) is 0 Å². The number of carbonyl (C=O) groups is 1. The summed E-state index contributed by atoms with van der Waals surface area (Å²) in [6.45, 7) is 1.45. The number of aryl methyl sites for hydroxylation is 1. The smallest absolute Gasteiger partial charge is 0.295 e. The van der Waals surface area contributed by atoms with Gasteiger partial charge in [0.2, 0.25) is 5.82 Å². The number of nitrogens with zero attached hydrogens (tertiary/aromatic N) is 2. The fourth-order valence-corrected chi connectivity index (χ4v) is 1.84. The van der Waals surface area contributed by atoms with Crippen molar-refractivity contribution in [3.63, 3.8) is 0 Å². The van der Waals surface area contributed by atoms with Crippen molar-refractivity contribution in [3.8, 4) is 0 Å². The van der Waals surface area contributed by atoms with E-state index >= 15 is 0 Å². The summed E-state index contributed by atoms with van der Waals surface area (Å²) in [4.78, 5) is 15.9. The van der Waals surface area contributed by atoms with Crippen LogP contribution in [-0.2, 0) is 0 Å². The van der Waals surface area contributed by atoms with Crippen molar-refractivity contribution in [2.45, 2.75) is 25.7 Å². The molecule has 5 nitrogen and oxygen atoms in total. The molecule has 7 heteroatoms. The van der Waals surface area contributed by atoms with Crippen LogP contribution in [0.25, 0.3) is 0 Å². The maximum Gasteiger partial charge on any atom is 0.295 e. The third-order valence-electron chi connectivity index (χ3n) is 3.17. The molecule has 0 atom stereocenters. The number of nitrogens with one attached hydrogen (secondary N) is 2. The Hall–Kier alpha value is -2.31. The zero-order valence-electron chi connectivity index (χ0n) is 10.7. The second-order valence-electron chi connectivity index (χ2n) is 4.85. The molecule has 1 aromatic heterocycles. The number of hydrogen-bond acceptors (Lipinski definition) is 3. The van der Waals surface area contributed by atoms with Gasteiger partial charge in [-0.15, -0.1) is 5.10 Å². The molecular formula is C13H12F2N4O. The number of amides is 1. The van der Waals surface area contributed by atoms with Gasteiger partial charge in [-0.25, -0.2) is 13.8 Å². The monoisotopic (exact) mass is 278 g/mol. The molecule has 0 unspecified atom stereocenters. The Balaban J connectivity index is 1.79. The third-order valence-corrected chi connectivity index (χ3v) is 3.17. The van der Waals surface area contributed by atoms with E-state index in [0.717, 1.165) is 25.0 Å². The van der Waals surface area contributed by atoms with Gasteiger partial charge in [0, 0.05) is 12.0 Å². The minimum atomic E-state index is -0.699. The molecule has 2 N–H and O–H groups in total. The number of rotatable bonds is 3. The summed E-state index contributed by atoms with van der Waals surface area (Å²) in [5, 5.41) is 8.73. The molecule has 1 amide bonds. The van der Waals surface area contributed by atoms with E-state index in [9.17, 15) is 13.6 Å². The number of H-pyrrole nitrogens is 1. The first-order valence-electron chi connectivity index (χ1n) is 6.24. The van der Waals surface area contributed by atoms with Crippen LogP contribution < -0.4 is 5.32 Å². The highest BCUT2D eigenvalue weighted by molar-refractivity contribution is 6.01. The Morgan fingerprint density at radius 1 is 1.35 bits per heavy atom. The zero-order chi connectivity index (χ0) is 14.3. The number of aromatic amines is 1. The lowest BCUT2D eigenvalue weighted by molar-refractivity contribution is 0.101. The van der Waals surface area contributed by atoms with E-state index in [1.807, 2.05) is 0 Å². The highest BCUT2D eigenvalue weighted by Crippen LogP contribution is 2.37. The normalized spacial score (nSPS) is 14.3. The Kier molecular flexibility index (Phi) is 2.96. The van der Waals surface area contributed by atoms with Crippen molar-refractivity contribution < 1.29 is 13.6 Å². The van der Waals surface area contributed by atoms with E-state index in [0.29, 0.717) is 11.7 Å². The maximum absolute atomic E-state index is 13.6. The van der Waals surface area contributed by atoms with Crippen molar-refractivity contribution in [2.75, 3.05) is 5.32 Å². The Bertz CT molecular complexity index is 679.